The molecule has 2 heteroatoms. The normalized spacial score (nSPS) is 10.8. The van der Waals surface area contributed by atoms with E-state index in [0.717, 1.165) is 23.0 Å². The summed E-state index contributed by atoms with van der Waals surface area (Å²) in [7, 11) is 0. The highest BCUT2D eigenvalue weighted by Crippen LogP contribution is 2.43. The summed E-state index contributed by atoms with van der Waals surface area (Å²) in [5.41, 5.74) is 2.81. The molecular formula is C22H17NO. The van der Waals surface area contributed by atoms with E-state index in [9.17, 15) is 10.1 Å². The van der Waals surface area contributed by atoms with Gasteiger partial charge in [-0.05, 0) is 16.7 Å². The molecule has 3 rings (SSSR count). The molecule has 0 heterocycles. The van der Waals surface area contributed by atoms with Gasteiger partial charge in [0, 0.05) is 5.56 Å². The van der Waals surface area contributed by atoms with Crippen molar-refractivity contribution >= 4 is 6.29 Å². The van der Waals surface area contributed by atoms with Gasteiger partial charge in [0.15, 0.2) is 0 Å². The SMILES string of the molecule is N#CCC(c1ccccc1)(c1ccccc1)c1ccccc1C=O. The number of benzene rings is 3. The fraction of sp³-hybridized carbons (Fsp3) is 0.0909. The largest absolute Gasteiger partial charge is 0.298 e. The van der Waals surface area contributed by atoms with Crippen LogP contribution in [-0.2, 0) is 5.41 Å². The number of rotatable bonds is 5. The number of carbonyl (C=O) groups is 1. The van der Waals surface area contributed by atoms with Gasteiger partial charge < -0.3 is 0 Å². The number of aldehydes is 1. The standard InChI is InChI=1S/C22H17NO/c23-16-15-22(19-10-3-1-4-11-19,20-12-5-2-6-13-20)21-14-8-7-9-18(21)17-24/h1-14,17H,15H2. The fourth-order valence-electron chi connectivity index (χ4n) is 3.33. The van der Waals surface area contributed by atoms with Crippen LogP contribution in [0.25, 0.3) is 0 Å². The van der Waals surface area contributed by atoms with Crippen LogP contribution in [0.3, 0.4) is 0 Å². The Morgan fingerprint density at radius 2 is 1.29 bits per heavy atom. The van der Waals surface area contributed by atoms with Gasteiger partial charge in [-0.25, -0.2) is 0 Å². The first-order valence-corrected chi connectivity index (χ1v) is 7.85. The fourth-order valence-corrected chi connectivity index (χ4v) is 3.33. The van der Waals surface area contributed by atoms with Gasteiger partial charge in [-0.15, -0.1) is 0 Å². The second-order valence-electron chi connectivity index (χ2n) is 5.68. The van der Waals surface area contributed by atoms with Crippen LogP contribution in [0.2, 0.25) is 0 Å². The molecule has 0 N–H and O–H groups in total. The molecule has 0 atom stereocenters. The minimum atomic E-state index is -0.672. The average molecular weight is 311 g/mol. The van der Waals surface area contributed by atoms with Gasteiger partial charge in [-0.3, -0.25) is 4.79 Å². The summed E-state index contributed by atoms with van der Waals surface area (Å²) >= 11 is 0. The Labute approximate surface area is 142 Å². The Morgan fingerprint density at radius 3 is 1.79 bits per heavy atom. The lowest BCUT2D eigenvalue weighted by molar-refractivity contribution is 0.112. The van der Waals surface area contributed by atoms with Crippen LogP contribution in [0.15, 0.2) is 84.9 Å². The number of nitrogens with zero attached hydrogens (tertiary/aromatic N) is 1. The van der Waals surface area contributed by atoms with Crippen LogP contribution >= 0.6 is 0 Å². The molecule has 0 spiro atoms. The molecule has 0 fully saturated rings. The van der Waals surface area contributed by atoms with Gasteiger partial charge >= 0.3 is 0 Å². The van der Waals surface area contributed by atoms with Crippen molar-refractivity contribution in [2.24, 2.45) is 0 Å². The van der Waals surface area contributed by atoms with Crippen LogP contribution < -0.4 is 0 Å². The topological polar surface area (TPSA) is 40.9 Å². The summed E-state index contributed by atoms with van der Waals surface area (Å²) in [5.74, 6) is 0. The van der Waals surface area contributed by atoms with Crippen molar-refractivity contribution in [2.45, 2.75) is 11.8 Å². The lowest BCUT2D eigenvalue weighted by atomic mass is 9.66. The highest BCUT2D eigenvalue weighted by Gasteiger charge is 2.37. The monoisotopic (exact) mass is 311 g/mol. The van der Waals surface area contributed by atoms with Crippen molar-refractivity contribution < 1.29 is 4.79 Å². The maximum atomic E-state index is 11.7. The molecule has 3 aromatic rings. The zero-order valence-electron chi connectivity index (χ0n) is 13.2. The molecule has 0 aliphatic carbocycles. The summed E-state index contributed by atoms with van der Waals surface area (Å²) in [6, 6.07) is 29.7. The van der Waals surface area contributed by atoms with Gasteiger partial charge in [0.05, 0.1) is 17.9 Å². The molecule has 0 bridgehead atoms. The van der Waals surface area contributed by atoms with Crippen molar-refractivity contribution in [3.8, 4) is 6.07 Å². The van der Waals surface area contributed by atoms with E-state index in [4.69, 9.17) is 0 Å². The summed E-state index contributed by atoms with van der Waals surface area (Å²) in [4.78, 5) is 11.7. The van der Waals surface area contributed by atoms with E-state index in [1.54, 1.807) is 6.07 Å². The predicted molar refractivity (Wildman–Crippen MR) is 94.8 cm³/mol. The number of hydrogen-bond acceptors (Lipinski definition) is 2. The van der Waals surface area contributed by atoms with Gasteiger partial charge in [0.1, 0.15) is 6.29 Å². The first-order valence-electron chi connectivity index (χ1n) is 7.85. The van der Waals surface area contributed by atoms with Crippen LogP contribution in [0.1, 0.15) is 33.5 Å². The maximum absolute atomic E-state index is 11.7. The first kappa shape index (κ1) is 15.7. The second-order valence-corrected chi connectivity index (χ2v) is 5.68. The molecule has 0 aliphatic heterocycles. The molecule has 116 valence electrons. The number of carbonyl (C=O) groups excluding carboxylic acids is 1. The summed E-state index contributed by atoms with van der Waals surface area (Å²) < 4.78 is 0. The van der Waals surface area contributed by atoms with E-state index >= 15 is 0 Å². The van der Waals surface area contributed by atoms with Crippen molar-refractivity contribution in [2.75, 3.05) is 0 Å². The highest BCUT2D eigenvalue weighted by molar-refractivity contribution is 5.79. The molecule has 2 nitrogen and oxygen atoms in total. The lowest BCUT2D eigenvalue weighted by Crippen LogP contribution is -2.30. The van der Waals surface area contributed by atoms with Gasteiger partial charge in [-0.1, -0.05) is 84.9 Å². The zero-order chi connectivity index (χ0) is 16.8. The number of nitriles is 1. The van der Waals surface area contributed by atoms with E-state index in [-0.39, 0.29) is 6.42 Å². The third-order valence-corrected chi connectivity index (χ3v) is 4.42. The lowest BCUT2D eigenvalue weighted by Gasteiger charge is -2.34. The third-order valence-electron chi connectivity index (χ3n) is 4.42. The molecule has 0 unspecified atom stereocenters. The van der Waals surface area contributed by atoms with E-state index in [1.165, 1.54) is 0 Å². The molecule has 0 saturated heterocycles. The second kappa shape index (κ2) is 6.93. The van der Waals surface area contributed by atoms with Crippen LogP contribution in [0, 0.1) is 11.3 Å². The quantitative estimate of drug-likeness (QED) is 0.504. The molecule has 0 aromatic heterocycles. The van der Waals surface area contributed by atoms with E-state index in [1.807, 2.05) is 78.9 Å². The van der Waals surface area contributed by atoms with Crippen molar-refractivity contribution in [3.05, 3.63) is 107 Å². The minimum Gasteiger partial charge on any atom is -0.298 e. The maximum Gasteiger partial charge on any atom is 0.150 e. The Hall–Kier alpha value is -3.18. The van der Waals surface area contributed by atoms with Gasteiger partial charge in [0.25, 0.3) is 0 Å². The molecule has 0 aliphatic rings. The van der Waals surface area contributed by atoms with Crippen molar-refractivity contribution in [1.29, 1.82) is 5.26 Å². The van der Waals surface area contributed by atoms with Gasteiger partial charge in [0.2, 0.25) is 0 Å². The van der Waals surface area contributed by atoms with Crippen LogP contribution in [0.4, 0.5) is 0 Å². The van der Waals surface area contributed by atoms with E-state index in [2.05, 4.69) is 6.07 Å². The van der Waals surface area contributed by atoms with Crippen molar-refractivity contribution in [3.63, 3.8) is 0 Å². The minimum absolute atomic E-state index is 0.256. The van der Waals surface area contributed by atoms with Crippen molar-refractivity contribution in [1.82, 2.24) is 0 Å². The molecule has 0 amide bonds. The number of hydrogen-bond donors (Lipinski definition) is 0. The Bertz CT molecular complexity index is 824. The first-order chi connectivity index (χ1) is 11.8. The third kappa shape index (κ3) is 2.61. The molecule has 0 saturated carbocycles. The summed E-state index contributed by atoms with van der Waals surface area (Å²) in [6.07, 6.45) is 1.12. The van der Waals surface area contributed by atoms with Gasteiger partial charge in [-0.2, -0.15) is 5.26 Å². The Morgan fingerprint density at radius 1 is 0.792 bits per heavy atom. The van der Waals surface area contributed by atoms with Crippen LogP contribution in [0.5, 0.6) is 0 Å². The Balaban J connectivity index is 2.40. The smallest absolute Gasteiger partial charge is 0.150 e. The Kier molecular flexibility index (Phi) is 4.54. The molecule has 0 radical (unpaired) electrons. The summed E-state index contributed by atoms with van der Waals surface area (Å²) in [5, 5.41) is 9.61. The van der Waals surface area contributed by atoms with Crippen LogP contribution in [-0.4, -0.2) is 6.29 Å². The highest BCUT2D eigenvalue weighted by atomic mass is 16.1. The average Bonchev–Trinajstić information content (AvgIpc) is 2.67. The molecular weight excluding hydrogens is 294 g/mol. The van der Waals surface area contributed by atoms with E-state index in [0.29, 0.717) is 5.56 Å². The summed E-state index contributed by atoms with van der Waals surface area (Å²) in [6.45, 7) is 0. The predicted octanol–water partition coefficient (Wildman–Crippen LogP) is 4.75. The van der Waals surface area contributed by atoms with E-state index < -0.39 is 5.41 Å². The zero-order valence-corrected chi connectivity index (χ0v) is 13.2. The molecule has 3 aromatic carbocycles. The molecule has 24 heavy (non-hydrogen) atoms.